The fourth-order valence-electron chi connectivity index (χ4n) is 9.69. The van der Waals surface area contributed by atoms with Crippen molar-refractivity contribution in [3.05, 3.63) is 24.3 Å². The number of rotatable bonds is 58. The minimum atomic E-state index is -0.670. The highest BCUT2D eigenvalue weighted by Gasteiger charge is 2.20. The number of allylic oxidation sites excluding steroid dienone is 4. The number of hydrogen-bond donors (Lipinski definition) is 3. The molecule has 0 aliphatic carbocycles. The highest BCUT2D eigenvalue weighted by Crippen LogP contribution is 2.17. The van der Waals surface area contributed by atoms with Crippen molar-refractivity contribution in [2.75, 3.05) is 13.2 Å². The second-order valence-electron chi connectivity index (χ2n) is 21.4. The van der Waals surface area contributed by atoms with E-state index in [4.69, 9.17) is 4.74 Å². The second-order valence-corrected chi connectivity index (χ2v) is 21.4. The summed E-state index contributed by atoms with van der Waals surface area (Å²) in [5, 5.41) is 23.3. The van der Waals surface area contributed by atoms with Gasteiger partial charge in [-0.2, -0.15) is 0 Å². The van der Waals surface area contributed by atoms with Crippen LogP contribution in [0.4, 0.5) is 0 Å². The number of aliphatic hydroxyl groups excluding tert-OH is 2. The molecule has 3 N–H and O–H groups in total. The maximum Gasteiger partial charge on any atom is 0.305 e. The Bertz CT molecular complexity index is 1080. The summed E-state index contributed by atoms with van der Waals surface area (Å²) in [7, 11) is 0. The molecule has 0 aromatic heterocycles. The summed E-state index contributed by atoms with van der Waals surface area (Å²) in [6.07, 6.45) is 71.8. The number of aliphatic hydroxyl groups is 2. The van der Waals surface area contributed by atoms with Gasteiger partial charge in [0.1, 0.15) is 0 Å². The molecule has 69 heavy (non-hydrogen) atoms. The number of carbonyl (C=O) groups is 2. The number of unbranched alkanes of at least 4 members (excludes halogenated alkanes) is 43. The summed E-state index contributed by atoms with van der Waals surface area (Å²) >= 11 is 0. The van der Waals surface area contributed by atoms with Crippen molar-refractivity contribution in [2.45, 2.75) is 353 Å². The van der Waals surface area contributed by atoms with Crippen LogP contribution in [0.25, 0.3) is 0 Å². The zero-order valence-corrected chi connectivity index (χ0v) is 46.6. The van der Waals surface area contributed by atoms with Gasteiger partial charge in [-0.05, 0) is 77.0 Å². The third kappa shape index (κ3) is 55.5. The third-order valence-corrected chi connectivity index (χ3v) is 14.5. The molecule has 0 radical (unpaired) electrons. The summed E-state index contributed by atoms with van der Waals surface area (Å²) in [4.78, 5) is 24.6. The first kappa shape index (κ1) is 67.3. The fourth-order valence-corrected chi connectivity index (χ4v) is 9.69. The van der Waals surface area contributed by atoms with Crippen molar-refractivity contribution >= 4 is 11.9 Å². The van der Waals surface area contributed by atoms with E-state index in [0.717, 1.165) is 44.9 Å². The monoisotopic (exact) mass is 972 g/mol. The lowest BCUT2D eigenvalue weighted by atomic mass is 10.0. The SMILES string of the molecule is CCCCCCCCC/C=C\CCCCCCCCCC(=O)OCCCCCCCCCC/C=C\CCCCCCCCCC(=O)NC(CO)C(O)CCCCCCCCCCCCCCCCC. The number of nitrogens with one attached hydrogen (secondary N) is 1. The highest BCUT2D eigenvalue weighted by molar-refractivity contribution is 5.76. The topological polar surface area (TPSA) is 95.9 Å². The molecule has 0 aliphatic rings. The van der Waals surface area contributed by atoms with Gasteiger partial charge in [0.15, 0.2) is 0 Å². The van der Waals surface area contributed by atoms with E-state index in [1.807, 2.05) is 0 Å². The molecule has 0 aromatic carbocycles. The van der Waals surface area contributed by atoms with Gasteiger partial charge in [0, 0.05) is 12.8 Å². The Balaban J connectivity index is 3.42. The average molecular weight is 973 g/mol. The molecule has 6 heteroatoms. The van der Waals surface area contributed by atoms with Crippen LogP contribution in [0, 0.1) is 0 Å². The quantitative estimate of drug-likeness (QED) is 0.0321. The van der Waals surface area contributed by atoms with E-state index in [9.17, 15) is 19.8 Å². The average Bonchev–Trinajstić information content (AvgIpc) is 3.35. The number of carbonyl (C=O) groups excluding carboxylic acids is 2. The summed E-state index contributed by atoms with van der Waals surface area (Å²) < 4.78 is 5.49. The van der Waals surface area contributed by atoms with Gasteiger partial charge in [0.05, 0.1) is 25.4 Å². The smallest absolute Gasteiger partial charge is 0.305 e. The van der Waals surface area contributed by atoms with Crippen molar-refractivity contribution in [3.8, 4) is 0 Å². The molecule has 0 bridgehead atoms. The minimum absolute atomic E-state index is 0.00154. The second kappa shape index (κ2) is 58.9. The van der Waals surface area contributed by atoms with E-state index in [2.05, 4.69) is 43.5 Å². The molecule has 0 rings (SSSR count). The molecule has 0 aromatic rings. The maximum atomic E-state index is 12.5. The van der Waals surface area contributed by atoms with Crippen molar-refractivity contribution < 1.29 is 24.5 Å². The van der Waals surface area contributed by atoms with Gasteiger partial charge in [-0.15, -0.1) is 0 Å². The molecular formula is C63H121NO5. The molecule has 0 fully saturated rings. The molecule has 0 heterocycles. The molecule has 0 saturated carbocycles. The zero-order chi connectivity index (χ0) is 50.0. The van der Waals surface area contributed by atoms with Crippen LogP contribution in [0.5, 0.6) is 0 Å². The van der Waals surface area contributed by atoms with Crippen LogP contribution in [-0.4, -0.2) is 47.4 Å². The first-order chi connectivity index (χ1) is 34.0. The van der Waals surface area contributed by atoms with Crippen molar-refractivity contribution in [1.82, 2.24) is 5.32 Å². The van der Waals surface area contributed by atoms with Crippen LogP contribution in [0.1, 0.15) is 341 Å². The lowest BCUT2D eigenvalue weighted by Gasteiger charge is -2.22. The molecule has 0 saturated heterocycles. The molecule has 2 atom stereocenters. The van der Waals surface area contributed by atoms with Crippen LogP contribution in [0.3, 0.4) is 0 Å². The Morgan fingerprint density at radius 3 is 1.03 bits per heavy atom. The van der Waals surface area contributed by atoms with Gasteiger partial charge in [-0.25, -0.2) is 0 Å². The molecule has 2 unspecified atom stereocenters. The van der Waals surface area contributed by atoms with E-state index in [1.165, 1.54) is 263 Å². The van der Waals surface area contributed by atoms with Crippen LogP contribution >= 0.6 is 0 Å². The Labute approximate surface area is 431 Å². The van der Waals surface area contributed by atoms with E-state index in [0.29, 0.717) is 25.9 Å². The molecule has 1 amide bonds. The van der Waals surface area contributed by atoms with Gasteiger partial charge in [-0.3, -0.25) is 9.59 Å². The third-order valence-electron chi connectivity index (χ3n) is 14.5. The summed E-state index contributed by atoms with van der Waals surface area (Å²) in [6, 6.07) is -0.548. The van der Waals surface area contributed by atoms with Gasteiger partial charge < -0.3 is 20.3 Å². The number of hydrogen-bond acceptors (Lipinski definition) is 5. The number of ether oxygens (including phenoxy) is 1. The fraction of sp³-hybridized carbons (Fsp3) is 0.905. The molecule has 0 spiro atoms. The van der Waals surface area contributed by atoms with Crippen molar-refractivity contribution in [2.24, 2.45) is 0 Å². The predicted octanol–water partition coefficient (Wildman–Crippen LogP) is 19.4. The molecule has 6 nitrogen and oxygen atoms in total. The molecular weight excluding hydrogens is 851 g/mol. The van der Waals surface area contributed by atoms with Crippen LogP contribution in [0.2, 0.25) is 0 Å². The first-order valence-electron chi connectivity index (χ1n) is 31.1. The van der Waals surface area contributed by atoms with Crippen LogP contribution in [-0.2, 0) is 14.3 Å². The van der Waals surface area contributed by atoms with Crippen LogP contribution in [0.15, 0.2) is 24.3 Å². The summed E-state index contributed by atoms with van der Waals surface area (Å²) in [5.74, 6) is -0.0414. The van der Waals surface area contributed by atoms with Crippen molar-refractivity contribution in [3.63, 3.8) is 0 Å². The highest BCUT2D eigenvalue weighted by atomic mass is 16.5. The van der Waals surface area contributed by atoms with E-state index in [-0.39, 0.29) is 18.5 Å². The first-order valence-corrected chi connectivity index (χ1v) is 31.1. The standard InChI is InChI=1S/C63H121NO5/c1-3-5-7-9-11-13-15-17-19-20-25-29-33-37-41-45-49-53-57-63(68)69-58-54-50-46-42-38-34-30-26-23-21-22-24-28-32-36-40-44-48-52-56-62(67)64-60(59-65)61(66)55-51-47-43-39-35-31-27-18-16-14-12-10-8-6-4-2/h19-22,60-61,65-66H,3-18,23-59H2,1-2H3,(H,64,67)/b20-19-,22-21-. The van der Waals surface area contributed by atoms with E-state index < -0.39 is 12.1 Å². The van der Waals surface area contributed by atoms with Gasteiger partial charge in [0.2, 0.25) is 5.91 Å². The minimum Gasteiger partial charge on any atom is -0.466 e. The van der Waals surface area contributed by atoms with Gasteiger partial charge >= 0.3 is 5.97 Å². The number of amides is 1. The Hall–Kier alpha value is -1.66. The van der Waals surface area contributed by atoms with Crippen molar-refractivity contribution in [1.29, 1.82) is 0 Å². The number of esters is 1. The lowest BCUT2D eigenvalue weighted by molar-refractivity contribution is -0.143. The normalized spacial score (nSPS) is 12.7. The Kier molecular flexibility index (Phi) is 57.5. The van der Waals surface area contributed by atoms with E-state index in [1.54, 1.807) is 0 Å². The summed E-state index contributed by atoms with van der Waals surface area (Å²) in [6.45, 7) is 4.96. The van der Waals surface area contributed by atoms with Crippen LogP contribution < -0.4 is 5.32 Å². The van der Waals surface area contributed by atoms with Gasteiger partial charge in [-0.1, -0.05) is 276 Å². The maximum absolute atomic E-state index is 12.5. The molecule has 408 valence electrons. The Morgan fingerprint density at radius 1 is 0.391 bits per heavy atom. The molecule has 0 aliphatic heterocycles. The Morgan fingerprint density at radius 2 is 0.681 bits per heavy atom. The largest absolute Gasteiger partial charge is 0.466 e. The predicted molar refractivity (Wildman–Crippen MR) is 301 cm³/mol. The lowest BCUT2D eigenvalue weighted by Crippen LogP contribution is -2.45. The zero-order valence-electron chi connectivity index (χ0n) is 46.6. The summed E-state index contributed by atoms with van der Waals surface area (Å²) in [5.41, 5.74) is 0. The van der Waals surface area contributed by atoms with E-state index >= 15 is 0 Å². The van der Waals surface area contributed by atoms with Gasteiger partial charge in [0.25, 0.3) is 0 Å².